The molecule has 0 unspecified atom stereocenters. The topological polar surface area (TPSA) is 98.8 Å². The molecule has 134 valence electrons. The average Bonchev–Trinajstić information content (AvgIpc) is 2.41. The van der Waals surface area contributed by atoms with Gasteiger partial charge >= 0.3 is 0 Å². The minimum absolute atomic E-state index is 0.217. The number of carbonyl (C=O) groups is 2. The molecule has 0 atom stereocenters. The van der Waals surface area contributed by atoms with Crippen LogP contribution in [0.15, 0.2) is 24.3 Å². The summed E-state index contributed by atoms with van der Waals surface area (Å²) in [6.07, 6.45) is 1.08. The summed E-state index contributed by atoms with van der Waals surface area (Å²) in [5.41, 5.74) is 1.03. The number of carbonyl (C=O) groups excluding carboxylic acids is 2. The molecule has 0 saturated carbocycles. The van der Waals surface area contributed by atoms with Crippen molar-refractivity contribution < 1.29 is 18.0 Å². The maximum atomic E-state index is 12.1. The smallest absolute Gasteiger partial charge is 0.239 e. The average molecular weight is 356 g/mol. The molecule has 0 saturated heterocycles. The van der Waals surface area contributed by atoms with Crippen molar-refractivity contribution in [3.8, 4) is 0 Å². The number of anilines is 2. The van der Waals surface area contributed by atoms with Crippen LogP contribution < -0.4 is 10.6 Å². The van der Waals surface area contributed by atoms with E-state index >= 15 is 0 Å². The normalized spacial score (nSPS) is 11.6. The molecule has 0 fully saturated rings. The quantitative estimate of drug-likeness (QED) is 0.703. The van der Waals surface area contributed by atoms with Crippen molar-refractivity contribution in [2.45, 2.75) is 6.92 Å². The van der Waals surface area contributed by atoms with E-state index in [1.165, 1.54) is 6.92 Å². The van der Waals surface area contributed by atoms with Crippen molar-refractivity contribution >= 4 is 33.2 Å². The zero-order chi connectivity index (χ0) is 18.3. The number of sulfonamides is 1. The number of hydrogen-bond donors (Lipinski definition) is 2. The van der Waals surface area contributed by atoms with E-state index in [1.807, 2.05) is 19.0 Å². The molecule has 0 aliphatic carbocycles. The molecule has 2 N–H and O–H groups in total. The molecule has 1 aromatic carbocycles. The van der Waals surface area contributed by atoms with E-state index in [0.29, 0.717) is 17.9 Å². The van der Waals surface area contributed by atoms with Crippen molar-refractivity contribution in [1.82, 2.24) is 9.21 Å². The van der Waals surface area contributed by atoms with E-state index in [9.17, 15) is 18.0 Å². The summed E-state index contributed by atoms with van der Waals surface area (Å²) in [4.78, 5) is 25.0. The summed E-state index contributed by atoms with van der Waals surface area (Å²) in [5, 5.41) is 5.25. The number of likely N-dealkylation sites (N-methyl/N-ethyl adjacent to an activating group) is 1. The van der Waals surface area contributed by atoms with Crippen LogP contribution in [-0.4, -0.2) is 69.4 Å². The number of nitrogens with one attached hydrogen (secondary N) is 2. The van der Waals surface area contributed by atoms with Crippen LogP contribution in [0.5, 0.6) is 0 Å². The van der Waals surface area contributed by atoms with E-state index in [-0.39, 0.29) is 19.0 Å². The summed E-state index contributed by atoms with van der Waals surface area (Å²) in [5.74, 6) is -0.662. The van der Waals surface area contributed by atoms with Gasteiger partial charge < -0.3 is 15.5 Å². The van der Waals surface area contributed by atoms with E-state index < -0.39 is 15.9 Å². The fourth-order valence-corrected chi connectivity index (χ4v) is 2.68. The van der Waals surface area contributed by atoms with Crippen LogP contribution >= 0.6 is 0 Å². The molecule has 1 aromatic rings. The van der Waals surface area contributed by atoms with Gasteiger partial charge in [-0.15, -0.1) is 0 Å². The molecule has 0 heterocycles. The lowest BCUT2D eigenvalue weighted by molar-refractivity contribution is -0.116. The van der Waals surface area contributed by atoms with Gasteiger partial charge in [0.05, 0.1) is 12.8 Å². The van der Waals surface area contributed by atoms with Crippen LogP contribution in [0, 0.1) is 0 Å². The Morgan fingerprint density at radius 1 is 1.08 bits per heavy atom. The maximum absolute atomic E-state index is 12.1. The predicted octanol–water partition coefficient (Wildman–Crippen LogP) is 0.407. The van der Waals surface area contributed by atoms with Gasteiger partial charge in [-0.1, -0.05) is 6.07 Å². The van der Waals surface area contributed by atoms with Gasteiger partial charge in [0.25, 0.3) is 0 Å². The van der Waals surface area contributed by atoms with E-state index in [0.717, 1.165) is 10.6 Å². The summed E-state index contributed by atoms with van der Waals surface area (Å²) < 4.78 is 24.7. The van der Waals surface area contributed by atoms with Gasteiger partial charge in [0.15, 0.2) is 0 Å². The van der Waals surface area contributed by atoms with E-state index in [1.54, 1.807) is 24.3 Å². The standard InChI is InChI=1S/C15H24N4O4S/c1-12(20)16-13-6-5-7-14(10-13)17-15(21)11-19(24(4,22)23)9-8-18(2)3/h5-7,10H,8-9,11H2,1-4H3,(H,16,20)(H,17,21). The molecule has 1 rings (SSSR count). The second-order valence-corrected chi connectivity index (χ2v) is 7.69. The van der Waals surface area contributed by atoms with Crippen LogP contribution in [-0.2, 0) is 19.6 Å². The Bertz CT molecular complexity index is 688. The highest BCUT2D eigenvalue weighted by Crippen LogP contribution is 2.15. The fourth-order valence-electron chi connectivity index (χ4n) is 1.91. The third-order valence-corrected chi connectivity index (χ3v) is 4.30. The van der Waals surface area contributed by atoms with Crippen LogP contribution in [0.1, 0.15) is 6.92 Å². The highest BCUT2D eigenvalue weighted by Gasteiger charge is 2.20. The first kappa shape index (κ1) is 20.1. The van der Waals surface area contributed by atoms with E-state index in [4.69, 9.17) is 0 Å². The molecule has 2 amide bonds. The van der Waals surface area contributed by atoms with Crippen molar-refractivity contribution in [3.05, 3.63) is 24.3 Å². The van der Waals surface area contributed by atoms with Gasteiger partial charge in [0.2, 0.25) is 21.8 Å². The van der Waals surface area contributed by atoms with Gasteiger partial charge in [-0.05, 0) is 32.3 Å². The molecule has 0 spiro atoms. The molecule has 8 nitrogen and oxygen atoms in total. The molecule has 0 aliphatic rings. The lowest BCUT2D eigenvalue weighted by Gasteiger charge is -2.21. The van der Waals surface area contributed by atoms with Gasteiger partial charge in [-0.3, -0.25) is 9.59 Å². The molecular formula is C15H24N4O4S. The van der Waals surface area contributed by atoms with Crippen molar-refractivity contribution in [1.29, 1.82) is 0 Å². The lowest BCUT2D eigenvalue weighted by Crippen LogP contribution is -2.41. The van der Waals surface area contributed by atoms with Gasteiger partial charge in [-0.25, -0.2) is 8.42 Å². The zero-order valence-electron chi connectivity index (χ0n) is 14.4. The van der Waals surface area contributed by atoms with Crippen LogP contribution in [0.3, 0.4) is 0 Å². The van der Waals surface area contributed by atoms with Crippen LogP contribution in [0.4, 0.5) is 11.4 Å². The van der Waals surface area contributed by atoms with Crippen LogP contribution in [0.2, 0.25) is 0 Å². The zero-order valence-corrected chi connectivity index (χ0v) is 15.2. The first-order valence-electron chi connectivity index (χ1n) is 7.35. The molecule has 0 radical (unpaired) electrons. The summed E-state index contributed by atoms with van der Waals surface area (Å²) in [7, 11) is 0.172. The Balaban J connectivity index is 2.73. The van der Waals surface area contributed by atoms with Crippen LogP contribution in [0.25, 0.3) is 0 Å². The third kappa shape index (κ3) is 7.53. The summed E-state index contributed by atoms with van der Waals surface area (Å²) in [6, 6.07) is 6.63. The maximum Gasteiger partial charge on any atom is 0.239 e. The molecule has 0 aliphatic heterocycles. The number of nitrogens with zero attached hydrogens (tertiary/aromatic N) is 2. The Morgan fingerprint density at radius 3 is 2.17 bits per heavy atom. The summed E-state index contributed by atoms with van der Waals surface area (Å²) in [6.45, 7) is 1.86. The van der Waals surface area contributed by atoms with Gasteiger partial charge in [0.1, 0.15) is 0 Å². The lowest BCUT2D eigenvalue weighted by atomic mass is 10.2. The third-order valence-electron chi connectivity index (χ3n) is 3.05. The van der Waals surface area contributed by atoms with E-state index in [2.05, 4.69) is 10.6 Å². The predicted molar refractivity (Wildman–Crippen MR) is 94.3 cm³/mol. The molecule has 0 aromatic heterocycles. The molecule has 24 heavy (non-hydrogen) atoms. The summed E-state index contributed by atoms with van der Waals surface area (Å²) >= 11 is 0. The van der Waals surface area contributed by atoms with Crippen molar-refractivity contribution in [2.75, 3.05) is 50.6 Å². The number of benzene rings is 1. The Hall–Kier alpha value is -1.97. The number of amides is 2. The second kappa shape index (κ2) is 8.76. The Morgan fingerprint density at radius 2 is 1.67 bits per heavy atom. The van der Waals surface area contributed by atoms with Crippen molar-refractivity contribution in [3.63, 3.8) is 0 Å². The number of rotatable bonds is 8. The number of hydrogen-bond acceptors (Lipinski definition) is 5. The molecule has 0 bridgehead atoms. The fraction of sp³-hybridized carbons (Fsp3) is 0.467. The first-order chi connectivity index (χ1) is 11.1. The monoisotopic (exact) mass is 356 g/mol. The largest absolute Gasteiger partial charge is 0.326 e. The molecular weight excluding hydrogens is 332 g/mol. The van der Waals surface area contributed by atoms with Gasteiger partial charge in [0, 0.05) is 31.4 Å². The minimum Gasteiger partial charge on any atom is -0.326 e. The highest BCUT2D eigenvalue weighted by molar-refractivity contribution is 7.88. The molecule has 9 heteroatoms. The SMILES string of the molecule is CC(=O)Nc1cccc(NC(=O)CN(CCN(C)C)S(C)(=O)=O)c1. The second-order valence-electron chi connectivity index (χ2n) is 5.71. The Labute approximate surface area is 142 Å². The van der Waals surface area contributed by atoms with Crippen molar-refractivity contribution in [2.24, 2.45) is 0 Å². The highest BCUT2D eigenvalue weighted by atomic mass is 32.2. The Kier molecular flexibility index (Phi) is 7.33. The minimum atomic E-state index is -3.48. The van der Waals surface area contributed by atoms with Gasteiger partial charge in [-0.2, -0.15) is 4.31 Å². The first-order valence-corrected chi connectivity index (χ1v) is 9.20.